The molecular weight excluding hydrogens is 305 g/mol. The smallest absolute Gasteiger partial charge is 0.242 e. The Morgan fingerprint density at radius 3 is 1.64 bits per heavy atom. The van der Waals surface area contributed by atoms with Gasteiger partial charge in [-0.25, -0.2) is 0 Å². The fourth-order valence-electron chi connectivity index (χ4n) is 4.21. The van der Waals surface area contributed by atoms with Gasteiger partial charge in [0.15, 0.2) is 0 Å². The standard InChI is InChI=1S/C22H23BNO/c1-18-22(19-12-6-3-7-13-19)25-23(24(18)2,20-14-8-4-9-15-20)21-16-10-5-11-17-21/h3-18,22H,1-2H3/q-1. The summed E-state index contributed by atoms with van der Waals surface area (Å²) in [5, 5.41) is 0. The van der Waals surface area contributed by atoms with Crippen LogP contribution in [0.25, 0.3) is 0 Å². The Morgan fingerprint density at radius 2 is 1.16 bits per heavy atom. The molecule has 4 rings (SSSR count). The van der Waals surface area contributed by atoms with E-state index in [-0.39, 0.29) is 12.1 Å². The quantitative estimate of drug-likeness (QED) is 0.684. The molecule has 0 amide bonds. The van der Waals surface area contributed by atoms with Crippen molar-refractivity contribution in [3.63, 3.8) is 0 Å². The molecule has 1 aliphatic heterocycles. The topological polar surface area (TPSA) is 12.5 Å². The molecule has 1 aliphatic rings. The summed E-state index contributed by atoms with van der Waals surface area (Å²) in [6, 6.07) is 32.1. The molecule has 3 aromatic carbocycles. The molecule has 3 heteroatoms. The predicted octanol–water partition coefficient (Wildman–Crippen LogP) is 3.33. The first-order chi connectivity index (χ1) is 12.2. The minimum atomic E-state index is -1.43. The van der Waals surface area contributed by atoms with Gasteiger partial charge in [-0.1, -0.05) is 97.9 Å². The van der Waals surface area contributed by atoms with Crippen LogP contribution < -0.4 is 10.9 Å². The Labute approximate surface area is 150 Å². The van der Waals surface area contributed by atoms with E-state index in [0.717, 1.165) is 0 Å². The van der Waals surface area contributed by atoms with Gasteiger partial charge in [0.2, 0.25) is 6.48 Å². The molecule has 3 aromatic rings. The maximum atomic E-state index is 6.92. The summed E-state index contributed by atoms with van der Waals surface area (Å²) in [4.78, 5) is 2.42. The molecule has 0 bridgehead atoms. The molecule has 1 saturated heterocycles. The first-order valence-corrected chi connectivity index (χ1v) is 8.94. The Bertz CT molecular complexity index is 783. The second-order valence-electron chi connectivity index (χ2n) is 6.94. The van der Waals surface area contributed by atoms with Crippen LogP contribution in [0.2, 0.25) is 0 Å². The number of benzene rings is 3. The number of rotatable bonds is 3. The number of nitrogens with zero attached hydrogens (tertiary/aromatic N) is 1. The maximum Gasteiger partial charge on any atom is 0.242 e. The van der Waals surface area contributed by atoms with E-state index in [9.17, 15) is 0 Å². The summed E-state index contributed by atoms with van der Waals surface area (Å²) < 4.78 is 6.92. The number of hydrogen-bond acceptors (Lipinski definition) is 2. The van der Waals surface area contributed by atoms with Gasteiger partial charge in [-0.3, -0.25) is 0 Å². The van der Waals surface area contributed by atoms with Gasteiger partial charge in [-0.05, 0) is 18.7 Å². The molecule has 0 radical (unpaired) electrons. The zero-order chi connectivity index (χ0) is 17.3. The molecule has 2 nitrogen and oxygen atoms in total. The summed E-state index contributed by atoms with van der Waals surface area (Å²) in [5.41, 5.74) is 3.68. The van der Waals surface area contributed by atoms with Gasteiger partial charge in [0.05, 0.1) is 6.10 Å². The molecule has 0 aliphatic carbocycles. The van der Waals surface area contributed by atoms with Crippen LogP contribution in [0.5, 0.6) is 0 Å². The molecule has 0 saturated carbocycles. The highest BCUT2D eigenvalue weighted by molar-refractivity contribution is 6.95. The van der Waals surface area contributed by atoms with E-state index in [4.69, 9.17) is 4.65 Å². The van der Waals surface area contributed by atoms with E-state index in [1.165, 1.54) is 16.5 Å². The highest BCUT2D eigenvalue weighted by Crippen LogP contribution is 2.37. The van der Waals surface area contributed by atoms with E-state index in [0.29, 0.717) is 0 Å². The summed E-state index contributed by atoms with van der Waals surface area (Å²) >= 11 is 0. The van der Waals surface area contributed by atoms with Gasteiger partial charge < -0.3 is 9.47 Å². The average molecular weight is 328 g/mol. The van der Waals surface area contributed by atoms with Crippen molar-refractivity contribution in [1.29, 1.82) is 0 Å². The fraction of sp³-hybridized carbons (Fsp3) is 0.182. The lowest BCUT2D eigenvalue weighted by Crippen LogP contribution is -2.68. The van der Waals surface area contributed by atoms with Gasteiger partial charge in [-0.2, -0.15) is 10.9 Å². The zero-order valence-corrected chi connectivity index (χ0v) is 14.7. The van der Waals surface area contributed by atoms with Crippen LogP contribution in [-0.2, 0) is 4.65 Å². The van der Waals surface area contributed by atoms with Crippen molar-refractivity contribution in [1.82, 2.24) is 4.81 Å². The molecule has 0 spiro atoms. The van der Waals surface area contributed by atoms with Gasteiger partial charge in [0.25, 0.3) is 0 Å². The molecule has 0 N–H and O–H groups in total. The van der Waals surface area contributed by atoms with Gasteiger partial charge in [0.1, 0.15) is 0 Å². The Hall–Kier alpha value is -2.36. The molecule has 2 unspecified atom stereocenters. The minimum absolute atomic E-state index is 0.0478. The third-order valence-electron chi connectivity index (χ3n) is 5.63. The summed E-state index contributed by atoms with van der Waals surface area (Å²) in [6.07, 6.45) is 0.0478. The second kappa shape index (κ2) is 6.51. The maximum absolute atomic E-state index is 6.92. The van der Waals surface area contributed by atoms with Crippen LogP contribution in [0, 0.1) is 0 Å². The third kappa shape index (κ3) is 2.60. The molecule has 126 valence electrons. The SMILES string of the molecule is CC1C(c2ccccc2)O[B-](c2ccccc2)(c2ccccc2)N1C. The van der Waals surface area contributed by atoms with Crippen molar-refractivity contribution in [2.45, 2.75) is 19.1 Å². The van der Waals surface area contributed by atoms with Crippen LogP contribution in [-0.4, -0.2) is 24.4 Å². The van der Waals surface area contributed by atoms with E-state index in [1.807, 2.05) is 0 Å². The van der Waals surface area contributed by atoms with Gasteiger partial charge in [0, 0.05) is 0 Å². The normalized spacial score (nSPS) is 22.8. The average Bonchev–Trinajstić information content (AvgIpc) is 2.96. The number of likely N-dealkylation sites (N-methyl/N-ethyl adjacent to an activating group) is 1. The van der Waals surface area contributed by atoms with E-state index in [2.05, 4.69) is 110 Å². The number of hydrogen-bond donors (Lipinski definition) is 0. The molecule has 1 heterocycles. The first-order valence-electron chi connectivity index (χ1n) is 8.94. The van der Waals surface area contributed by atoms with Crippen molar-refractivity contribution in [3.05, 3.63) is 96.6 Å². The highest BCUT2D eigenvalue weighted by atomic mass is 16.5. The largest absolute Gasteiger partial charge is 0.563 e. The van der Waals surface area contributed by atoms with E-state index < -0.39 is 6.48 Å². The molecule has 0 aromatic heterocycles. The van der Waals surface area contributed by atoms with Crippen LogP contribution in [0.3, 0.4) is 0 Å². The lowest BCUT2D eigenvalue weighted by Gasteiger charge is -2.45. The summed E-state index contributed by atoms with van der Waals surface area (Å²) in [5.74, 6) is 0. The fourth-order valence-corrected chi connectivity index (χ4v) is 4.21. The van der Waals surface area contributed by atoms with E-state index in [1.54, 1.807) is 0 Å². The Balaban J connectivity index is 1.87. The highest BCUT2D eigenvalue weighted by Gasteiger charge is 2.45. The Morgan fingerprint density at radius 1 is 0.720 bits per heavy atom. The molecule has 1 fully saturated rings. The lowest BCUT2D eigenvalue weighted by atomic mass is 9.41. The molecule has 25 heavy (non-hydrogen) atoms. The zero-order valence-electron chi connectivity index (χ0n) is 14.7. The van der Waals surface area contributed by atoms with Crippen LogP contribution >= 0.6 is 0 Å². The monoisotopic (exact) mass is 328 g/mol. The van der Waals surface area contributed by atoms with Crippen molar-refractivity contribution >= 4 is 17.4 Å². The van der Waals surface area contributed by atoms with E-state index >= 15 is 0 Å². The summed E-state index contributed by atoms with van der Waals surface area (Å²) in [6.45, 7) is 0.829. The second-order valence-corrected chi connectivity index (χ2v) is 6.94. The summed E-state index contributed by atoms with van der Waals surface area (Å²) in [7, 11) is 2.19. The van der Waals surface area contributed by atoms with Crippen molar-refractivity contribution in [2.75, 3.05) is 7.05 Å². The van der Waals surface area contributed by atoms with Crippen LogP contribution in [0.1, 0.15) is 18.6 Å². The van der Waals surface area contributed by atoms with Crippen molar-refractivity contribution in [3.8, 4) is 0 Å². The van der Waals surface area contributed by atoms with Crippen molar-refractivity contribution in [2.24, 2.45) is 0 Å². The third-order valence-corrected chi connectivity index (χ3v) is 5.63. The van der Waals surface area contributed by atoms with Crippen molar-refractivity contribution < 1.29 is 4.65 Å². The predicted molar refractivity (Wildman–Crippen MR) is 105 cm³/mol. The first kappa shape index (κ1) is 16.1. The minimum Gasteiger partial charge on any atom is -0.563 e. The molecule has 2 atom stereocenters. The van der Waals surface area contributed by atoms with Gasteiger partial charge >= 0.3 is 0 Å². The van der Waals surface area contributed by atoms with Gasteiger partial charge in [-0.15, -0.1) is 0 Å². The van der Waals surface area contributed by atoms with Crippen LogP contribution in [0.4, 0.5) is 0 Å². The molecular formula is C22H23BNO-. The Kier molecular flexibility index (Phi) is 4.20. The van der Waals surface area contributed by atoms with Crippen LogP contribution in [0.15, 0.2) is 91.0 Å². The lowest BCUT2D eigenvalue weighted by molar-refractivity contribution is 0.208.